The summed E-state index contributed by atoms with van der Waals surface area (Å²) < 4.78 is 29.0. The first-order valence-electron chi connectivity index (χ1n) is 13.7. The number of para-hydroxylation sites is 2. The van der Waals surface area contributed by atoms with Gasteiger partial charge in [-0.3, -0.25) is 9.63 Å². The Bertz CT molecular complexity index is 1120. The van der Waals surface area contributed by atoms with E-state index < -0.39 is 10.0 Å². The molecule has 1 N–H and O–H groups in total. The summed E-state index contributed by atoms with van der Waals surface area (Å²) >= 11 is 0. The zero-order valence-corrected chi connectivity index (χ0v) is 23.0. The third kappa shape index (κ3) is 9.27. The molecule has 8 heteroatoms. The summed E-state index contributed by atoms with van der Waals surface area (Å²) in [5, 5.41) is 4.26. The molecule has 0 spiro atoms. The van der Waals surface area contributed by atoms with Crippen molar-refractivity contribution in [3.8, 4) is 0 Å². The van der Waals surface area contributed by atoms with Crippen LogP contribution in [0.1, 0.15) is 90.9 Å². The van der Waals surface area contributed by atoms with E-state index in [0.717, 1.165) is 19.3 Å². The first kappa shape index (κ1) is 28.9. The number of fused-ring (bicyclic) bond motifs is 1. The first-order valence-corrected chi connectivity index (χ1v) is 15.1. The van der Waals surface area contributed by atoms with Gasteiger partial charge in [-0.15, -0.1) is 4.40 Å². The van der Waals surface area contributed by atoms with Gasteiger partial charge in [0.05, 0.1) is 23.9 Å². The number of amides is 1. The molecule has 0 radical (unpaired) electrons. The average molecular weight is 528 g/mol. The SMILES string of the molecule is CCCCCCCCCCCCC(C)ON(C(=O)CC1=NS(=O)(=O)c2ccccc2N1)c1ccccc1. The summed E-state index contributed by atoms with van der Waals surface area (Å²) in [5.41, 5.74) is 1.02. The molecular formula is C29H41N3O4S. The Morgan fingerprint density at radius 1 is 0.892 bits per heavy atom. The molecule has 0 aromatic heterocycles. The van der Waals surface area contributed by atoms with Gasteiger partial charge in [-0.05, 0) is 37.6 Å². The molecule has 1 heterocycles. The molecule has 0 saturated carbocycles. The van der Waals surface area contributed by atoms with E-state index in [9.17, 15) is 13.2 Å². The van der Waals surface area contributed by atoms with Crippen LogP contribution >= 0.6 is 0 Å². The van der Waals surface area contributed by atoms with Crippen LogP contribution in [-0.4, -0.2) is 26.3 Å². The van der Waals surface area contributed by atoms with Crippen molar-refractivity contribution in [2.24, 2.45) is 4.40 Å². The largest absolute Gasteiger partial charge is 0.341 e. The fourth-order valence-corrected chi connectivity index (χ4v) is 5.58. The van der Waals surface area contributed by atoms with Crippen molar-refractivity contribution in [2.45, 2.75) is 102 Å². The van der Waals surface area contributed by atoms with E-state index in [0.29, 0.717) is 11.4 Å². The van der Waals surface area contributed by atoms with Gasteiger partial charge >= 0.3 is 0 Å². The number of amidine groups is 1. The van der Waals surface area contributed by atoms with Crippen molar-refractivity contribution in [2.75, 3.05) is 10.4 Å². The van der Waals surface area contributed by atoms with Gasteiger partial charge in [0.1, 0.15) is 10.7 Å². The summed E-state index contributed by atoms with van der Waals surface area (Å²) in [6.07, 6.45) is 13.1. The van der Waals surface area contributed by atoms with E-state index in [1.807, 2.05) is 25.1 Å². The van der Waals surface area contributed by atoms with Gasteiger partial charge in [-0.25, -0.2) is 0 Å². The highest BCUT2D eigenvalue weighted by Gasteiger charge is 2.28. The van der Waals surface area contributed by atoms with E-state index in [4.69, 9.17) is 4.84 Å². The van der Waals surface area contributed by atoms with Crippen LogP contribution in [0.5, 0.6) is 0 Å². The van der Waals surface area contributed by atoms with E-state index >= 15 is 0 Å². The fraction of sp³-hybridized carbons (Fsp3) is 0.517. The van der Waals surface area contributed by atoms with Gasteiger partial charge in [0.15, 0.2) is 0 Å². The highest BCUT2D eigenvalue weighted by molar-refractivity contribution is 7.90. The van der Waals surface area contributed by atoms with Gasteiger partial charge in [0.2, 0.25) is 0 Å². The van der Waals surface area contributed by atoms with E-state index in [2.05, 4.69) is 16.6 Å². The van der Waals surface area contributed by atoms with Gasteiger partial charge in [0.25, 0.3) is 15.9 Å². The fourth-order valence-electron chi connectivity index (χ4n) is 4.44. The number of carbonyl (C=O) groups is 1. The van der Waals surface area contributed by atoms with Crippen LogP contribution < -0.4 is 10.4 Å². The zero-order chi connectivity index (χ0) is 26.5. The summed E-state index contributed by atoms with van der Waals surface area (Å²) in [6.45, 7) is 4.21. The van der Waals surface area contributed by atoms with Crippen molar-refractivity contribution in [3.05, 3.63) is 54.6 Å². The number of hydrogen-bond donors (Lipinski definition) is 1. The van der Waals surface area contributed by atoms with Crippen molar-refractivity contribution >= 4 is 33.1 Å². The third-order valence-corrected chi connectivity index (χ3v) is 7.83. The number of anilines is 2. The monoisotopic (exact) mass is 527 g/mol. The molecule has 202 valence electrons. The number of benzene rings is 2. The van der Waals surface area contributed by atoms with Crippen LogP contribution in [0.3, 0.4) is 0 Å². The van der Waals surface area contributed by atoms with Crippen molar-refractivity contribution in [1.82, 2.24) is 0 Å². The summed E-state index contributed by atoms with van der Waals surface area (Å²) in [4.78, 5) is 19.5. The molecule has 7 nitrogen and oxygen atoms in total. The number of unbranched alkanes of at least 4 members (excludes halogenated alkanes) is 9. The predicted octanol–water partition coefficient (Wildman–Crippen LogP) is 7.25. The Labute approximate surface area is 222 Å². The number of hydroxylamine groups is 1. The number of hydrogen-bond acceptors (Lipinski definition) is 5. The lowest BCUT2D eigenvalue weighted by Crippen LogP contribution is -2.37. The normalized spacial score (nSPS) is 14.8. The number of carbonyl (C=O) groups excluding carboxylic acids is 1. The number of sulfonamides is 1. The molecule has 0 saturated heterocycles. The quantitative estimate of drug-likeness (QED) is 0.183. The van der Waals surface area contributed by atoms with Crippen LogP contribution in [0.4, 0.5) is 11.4 Å². The molecule has 1 amide bonds. The summed E-state index contributed by atoms with van der Waals surface area (Å²) in [6, 6.07) is 15.7. The molecule has 3 rings (SSSR count). The average Bonchev–Trinajstić information content (AvgIpc) is 2.88. The lowest BCUT2D eigenvalue weighted by Gasteiger charge is -2.26. The smallest absolute Gasteiger partial charge is 0.286 e. The Morgan fingerprint density at radius 3 is 2.16 bits per heavy atom. The van der Waals surface area contributed by atoms with Crippen LogP contribution in [0, 0.1) is 0 Å². The molecule has 2 aromatic rings. The molecule has 2 aromatic carbocycles. The molecule has 1 unspecified atom stereocenters. The van der Waals surface area contributed by atoms with Crippen molar-refractivity contribution in [3.63, 3.8) is 0 Å². The van der Waals surface area contributed by atoms with E-state index in [1.54, 1.807) is 30.3 Å². The third-order valence-electron chi connectivity index (χ3n) is 6.46. The van der Waals surface area contributed by atoms with Crippen LogP contribution in [0.25, 0.3) is 0 Å². The standard InChI is InChI=1S/C29H41N3O4S/c1-3-4-5-6-7-8-9-10-11-13-18-24(2)36-32(25-19-14-12-15-20-25)29(33)23-28-30-26-21-16-17-22-27(26)37(34,35)31-28/h12,14-17,19-22,24H,3-11,13,18,23H2,1-2H3,(H,30,31). The van der Waals surface area contributed by atoms with Crippen molar-refractivity contribution in [1.29, 1.82) is 0 Å². The molecule has 1 aliphatic heterocycles. The maximum Gasteiger partial charge on any atom is 0.286 e. The van der Waals surface area contributed by atoms with Crippen molar-refractivity contribution < 1.29 is 18.0 Å². The highest BCUT2D eigenvalue weighted by atomic mass is 32.2. The van der Waals surface area contributed by atoms with E-state index in [-0.39, 0.29) is 29.2 Å². The lowest BCUT2D eigenvalue weighted by atomic mass is 10.1. The molecular weight excluding hydrogens is 486 g/mol. The topological polar surface area (TPSA) is 88.1 Å². The summed E-state index contributed by atoms with van der Waals surface area (Å²) in [5.74, 6) is -0.308. The molecule has 0 aliphatic carbocycles. The Balaban J connectivity index is 1.51. The van der Waals surface area contributed by atoms with Crippen LogP contribution in [-0.2, 0) is 19.7 Å². The Morgan fingerprint density at radius 2 is 1.49 bits per heavy atom. The maximum absolute atomic E-state index is 13.3. The second-order valence-electron chi connectivity index (χ2n) is 9.72. The number of nitrogens with one attached hydrogen (secondary N) is 1. The lowest BCUT2D eigenvalue weighted by molar-refractivity contribution is -0.127. The van der Waals surface area contributed by atoms with Gasteiger partial charge in [-0.2, -0.15) is 13.5 Å². The minimum atomic E-state index is -3.86. The zero-order valence-electron chi connectivity index (χ0n) is 22.2. The minimum Gasteiger partial charge on any atom is -0.341 e. The van der Waals surface area contributed by atoms with Crippen LogP contribution in [0.2, 0.25) is 0 Å². The van der Waals surface area contributed by atoms with Crippen LogP contribution in [0.15, 0.2) is 63.9 Å². The first-order chi connectivity index (χ1) is 17.9. The molecule has 0 fully saturated rings. The second-order valence-corrected chi connectivity index (χ2v) is 11.3. The molecule has 1 aliphatic rings. The Kier molecular flexibility index (Phi) is 11.6. The number of nitrogens with zero attached hydrogens (tertiary/aromatic N) is 2. The Hall–Kier alpha value is -2.71. The summed E-state index contributed by atoms with van der Waals surface area (Å²) in [7, 11) is -3.86. The van der Waals surface area contributed by atoms with Gasteiger partial charge < -0.3 is 5.32 Å². The maximum atomic E-state index is 13.3. The van der Waals surface area contributed by atoms with E-state index in [1.165, 1.54) is 62.5 Å². The minimum absolute atomic E-state index is 0.0792. The predicted molar refractivity (Wildman–Crippen MR) is 150 cm³/mol. The second kappa shape index (κ2) is 14.9. The molecule has 37 heavy (non-hydrogen) atoms. The van der Waals surface area contributed by atoms with Gasteiger partial charge in [-0.1, -0.05) is 101 Å². The van der Waals surface area contributed by atoms with Gasteiger partial charge in [0, 0.05) is 0 Å². The number of rotatable bonds is 16. The molecule has 1 atom stereocenters. The molecule has 0 bridgehead atoms. The highest BCUT2D eigenvalue weighted by Crippen LogP contribution is 2.28.